The van der Waals surface area contributed by atoms with Gasteiger partial charge in [-0.1, -0.05) is 12.1 Å². The van der Waals surface area contributed by atoms with Crippen LogP contribution in [-0.4, -0.2) is 50.4 Å². The minimum atomic E-state index is 0.370. The molecule has 2 saturated heterocycles. The monoisotopic (exact) mass is 332 g/mol. The highest BCUT2D eigenvalue weighted by Crippen LogP contribution is 2.36. The molecule has 3 rings (SSSR count). The number of methoxy groups -OCH3 is 1. The summed E-state index contributed by atoms with van der Waals surface area (Å²) in [6.07, 6.45) is 4.25. The number of nitrogens with zero attached hydrogens (tertiary/aromatic N) is 1. The Hall–Kier alpha value is -1.10. The Morgan fingerprint density at radius 3 is 2.46 bits per heavy atom. The molecule has 1 aromatic rings. The van der Waals surface area contributed by atoms with E-state index in [2.05, 4.69) is 55.4 Å². The molecule has 134 valence electrons. The van der Waals surface area contributed by atoms with Crippen LogP contribution in [0.1, 0.15) is 44.7 Å². The smallest absolute Gasteiger partial charge is 0.118 e. The van der Waals surface area contributed by atoms with Gasteiger partial charge in [0.1, 0.15) is 5.75 Å². The summed E-state index contributed by atoms with van der Waals surface area (Å²) in [4.78, 5) is 2.49. The Morgan fingerprint density at radius 2 is 1.83 bits per heavy atom. The molecule has 4 nitrogen and oxygen atoms in total. The van der Waals surface area contributed by atoms with Crippen molar-refractivity contribution in [3.63, 3.8) is 0 Å². The summed E-state index contributed by atoms with van der Waals surface area (Å²) in [5.74, 6) is 1.59. The summed E-state index contributed by atoms with van der Waals surface area (Å²) >= 11 is 0. The van der Waals surface area contributed by atoms with E-state index >= 15 is 0 Å². The first-order valence-electron chi connectivity index (χ1n) is 9.30. The molecule has 0 amide bonds. The van der Waals surface area contributed by atoms with Gasteiger partial charge in [-0.3, -0.25) is 4.90 Å². The minimum absolute atomic E-state index is 0.370. The molecule has 0 saturated carbocycles. The van der Waals surface area contributed by atoms with Crippen LogP contribution in [0.5, 0.6) is 5.75 Å². The number of ether oxygens (including phenoxy) is 2. The van der Waals surface area contributed by atoms with Crippen molar-refractivity contribution in [3.05, 3.63) is 29.8 Å². The summed E-state index contributed by atoms with van der Waals surface area (Å²) < 4.78 is 11.2. The fourth-order valence-corrected chi connectivity index (χ4v) is 4.46. The highest BCUT2D eigenvalue weighted by Gasteiger charge is 2.34. The van der Waals surface area contributed by atoms with Gasteiger partial charge in [-0.25, -0.2) is 0 Å². The molecule has 0 aliphatic carbocycles. The number of hydrogen-bond donors (Lipinski definition) is 1. The number of hydrogen-bond acceptors (Lipinski definition) is 4. The van der Waals surface area contributed by atoms with E-state index in [1.165, 1.54) is 18.5 Å². The first kappa shape index (κ1) is 17.7. The maximum atomic E-state index is 5.86. The van der Waals surface area contributed by atoms with Crippen LogP contribution in [0.15, 0.2) is 24.3 Å². The molecule has 2 aliphatic heterocycles. The lowest BCUT2D eigenvalue weighted by Crippen LogP contribution is -2.43. The van der Waals surface area contributed by atoms with Gasteiger partial charge in [0.05, 0.1) is 19.3 Å². The van der Waals surface area contributed by atoms with Crippen LogP contribution < -0.4 is 10.1 Å². The van der Waals surface area contributed by atoms with E-state index < -0.39 is 0 Å². The van der Waals surface area contributed by atoms with Gasteiger partial charge in [0.15, 0.2) is 0 Å². The predicted molar refractivity (Wildman–Crippen MR) is 97.5 cm³/mol. The van der Waals surface area contributed by atoms with Gasteiger partial charge in [-0.2, -0.15) is 0 Å². The standard InChI is InChI=1S/C20H32N2O2/c1-14-11-18(12-15(2)24-14)21-13-17-9-10-22(3)20(17)16-5-7-19(23-4)8-6-16/h5-8,14-15,17-18,20-21H,9-13H2,1-4H3/t14-,15+,17-,18?,20-/m1/s1. The second-order valence-electron chi connectivity index (χ2n) is 7.58. The zero-order valence-corrected chi connectivity index (χ0v) is 15.5. The third-order valence-electron chi connectivity index (χ3n) is 5.60. The first-order chi connectivity index (χ1) is 11.6. The molecule has 5 atom stereocenters. The Balaban J connectivity index is 1.61. The lowest BCUT2D eigenvalue weighted by Gasteiger charge is -2.34. The van der Waals surface area contributed by atoms with Crippen molar-refractivity contribution in [2.45, 2.75) is 57.4 Å². The van der Waals surface area contributed by atoms with Gasteiger partial charge in [-0.05, 0) is 70.3 Å². The fourth-order valence-electron chi connectivity index (χ4n) is 4.46. The van der Waals surface area contributed by atoms with Crippen molar-refractivity contribution in [1.29, 1.82) is 0 Å². The molecule has 1 aromatic carbocycles. The van der Waals surface area contributed by atoms with Crippen LogP contribution in [0.4, 0.5) is 0 Å². The molecule has 1 N–H and O–H groups in total. The van der Waals surface area contributed by atoms with Crippen molar-refractivity contribution in [2.75, 3.05) is 27.2 Å². The molecule has 4 heteroatoms. The molecule has 2 fully saturated rings. The Labute approximate surface area is 146 Å². The van der Waals surface area contributed by atoms with Crippen LogP contribution >= 0.6 is 0 Å². The Bertz CT molecular complexity index is 509. The van der Waals surface area contributed by atoms with Crippen LogP contribution in [0.3, 0.4) is 0 Å². The minimum Gasteiger partial charge on any atom is -0.497 e. The van der Waals surface area contributed by atoms with E-state index in [4.69, 9.17) is 9.47 Å². The van der Waals surface area contributed by atoms with E-state index in [1.54, 1.807) is 7.11 Å². The maximum absolute atomic E-state index is 5.86. The lowest BCUT2D eigenvalue weighted by atomic mass is 9.92. The molecule has 24 heavy (non-hydrogen) atoms. The fraction of sp³-hybridized carbons (Fsp3) is 0.700. The third kappa shape index (κ3) is 4.11. The van der Waals surface area contributed by atoms with E-state index in [1.807, 2.05) is 0 Å². The van der Waals surface area contributed by atoms with Gasteiger partial charge in [0.2, 0.25) is 0 Å². The Kier molecular flexibility index (Phi) is 5.80. The lowest BCUT2D eigenvalue weighted by molar-refractivity contribution is -0.0425. The van der Waals surface area contributed by atoms with E-state index in [9.17, 15) is 0 Å². The maximum Gasteiger partial charge on any atom is 0.118 e. The van der Waals surface area contributed by atoms with Gasteiger partial charge >= 0.3 is 0 Å². The Morgan fingerprint density at radius 1 is 1.17 bits per heavy atom. The second-order valence-corrected chi connectivity index (χ2v) is 7.58. The molecule has 1 unspecified atom stereocenters. The predicted octanol–water partition coefficient (Wildman–Crippen LogP) is 3.23. The van der Waals surface area contributed by atoms with Crippen molar-refractivity contribution >= 4 is 0 Å². The molecule has 0 spiro atoms. The van der Waals surface area contributed by atoms with Crippen molar-refractivity contribution in [2.24, 2.45) is 5.92 Å². The summed E-state index contributed by atoms with van der Waals surface area (Å²) in [6.45, 7) is 6.64. The molecule has 2 heterocycles. The van der Waals surface area contributed by atoms with Gasteiger partial charge in [-0.15, -0.1) is 0 Å². The van der Waals surface area contributed by atoms with Crippen LogP contribution in [0.2, 0.25) is 0 Å². The second kappa shape index (κ2) is 7.85. The topological polar surface area (TPSA) is 33.7 Å². The normalized spacial score (nSPS) is 34.4. The summed E-state index contributed by atoms with van der Waals surface area (Å²) in [5, 5.41) is 3.84. The van der Waals surface area contributed by atoms with Gasteiger partial charge in [0, 0.05) is 18.6 Å². The largest absolute Gasteiger partial charge is 0.497 e. The number of benzene rings is 1. The molecular formula is C20H32N2O2. The van der Waals surface area contributed by atoms with E-state index in [0.717, 1.165) is 25.1 Å². The number of rotatable bonds is 5. The molecule has 2 aliphatic rings. The van der Waals surface area contributed by atoms with Crippen LogP contribution in [-0.2, 0) is 4.74 Å². The zero-order valence-electron chi connectivity index (χ0n) is 15.5. The molecule has 0 radical (unpaired) electrons. The van der Waals surface area contributed by atoms with Gasteiger partial charge in [0.25, 0.3) is 0 Å². The van der Waals surface area contributed by atoms with E-state index in [0.29, 0.717) is 30.2 Å². The van der Waals surface area contributed by atoms with Crippen LogP contribution in [0, 0.1) is 5.92 Å². The van der Waals surface area contributed by atoms with Crippen LogP contribution in [0.25, 0.3) is 0 Å². The highest BCUT2D eigenvalue weighted by atomic mass is 16.5. The van der Waals surface area contributed by atoms with Crippen molar-refractivity contribution < 1.29 is 9.47 Å². The summed E-state index contributed by atoms with van der Waals surface area (Å²) in [5.41, 5.74) is 1.40. The number of nitrogens with one attached hydrogen (secondary N) is 1. The molecular weight excluding hydrogens is 300 g/mol. The average Bonchev–Trinajstić information content (AvgIpc) is 2.93. The number of likely N-dealkylation sites (tertiary alicyclic amines) is 1. The quantitative estimate of drug-likeness (QED) is 0.897. The molecule has 0 bridgehead atoms. The highest BCUT2D eigenvalue weighted by molar-refractivity contribution is 5.30. The summed E-state index contributed by atoms with van der Waals surface area (Å²) in [7, 11) is 3.97. The third-order valence-corrected chi connectivity index (χ3v) is 5.60. The average molecular weight is 332 g/mol. The van der Waals surface area contributed by atoms with E-state index in [-0.39, 0.29) is 0 Å². The molecule has 0 aromatic heterocycles. The van der Waals surface area contributed by atoms with Gasteiger partial charge < -0.3 is 14.8 Å². The van der Waals surface area contributed by atoms with Crippen molar-refractivity contribution in [1.82, 2.24) is 10.2 Å². The van der Waals surface area contributed by atoms with Crippen molar-refractivity contribution in [3.8, 4) is 5.75 Å². The first-order valence-corrected chi connectivity index (χ1v) is 9.30. The zero-order chi connectivity index (χ0) is 17.1. The summed E-state index contributed by atoms with van der Waals surface area (Å²) in [6, 6.07) is 9.68. The SMILES string of the molecule is COc1ccc([C@@H]2[C@@H](CNC3C[C@@H](C)O[C@@H](C)C3)CCN2C)cc1.